The predicted octanol–water partition coefficient (Wildman–Crippen LogP) is 3.93. The molecule has 0 bridgehead atoms. The summed E-state index contributed by atoms with van der Waals surface area (Å²) in [6, 6.07) is 16.1. The molecule has 0 aliphatic carbocycles. The van der Waals surface area contributed by atoms with Gasteiger partial charge in [0.2, 0.25) is 0 Å². The molecule has 0 radical (unpaired) electrons. The zero-order valence-electron chi connectivity index (χ0n) is 10.9. The lowest BCUT2D eigenvalue weighted by Crippen LogP contribution is -1.97. The second-order valence-corrected chi connectivity index (χ2v) is 4.25. The van der Waals surface area contributed by atoms with Gasteiger partial charge in [-0.15, -0.1) is 0 Å². The molecule has 0 fully saturated rings. The lowest BCUT2D eigenvalue weighted by atomic mass is 10.1. The van der Waals surface area contributed by atoms with Gasteiger partial charge < -0.3 is 4.74 Å². The Morgan fingerprint density at radius 2 is 1.95 bits per heavy atom. The van der Waals surface area contributed by atoms with Crippen molar-refractivity contribution in [1.82, 2.24) is 0 Å². The summed E-state index contributed by atoms with van der Waals surface area (Å²) in [7, 11) is 0. The summed E-state index contributed by atoms with van der Waals surface area (Å²) in [5.41, 5.74) is 1.93. The molecule has 0 aliphatic rings. The Hall–Kier alpha value is -2.44. The maximum absolute atomic E-state index is 13.5. The van der Waals surface area contributed by atoms with E-state index in [9.17, 15) is 4.39 Å². The standard InChI is InChI=1S/C17H14FNO/c18-17-9-8-15(12-19)11-16(17)13-20-10-4-7-14-5-2-1-3-6-14/h1-9,11H,10,13H2/b7-4+. The molecule has 0 amide bonds. The first-order valence-corrected chi connectivity index (χ1v) is 6.27. The van der Waals surface area contributed by atoms with Crippen LogP contribution in [0.2, 0.25) is 0 Å². The van der Waals surface area contributed by atoms with Crippen molar-refractivity contribution in [3.05, 3.63) is 77.1 Å². The Morgan fingerprint density at radius 3 is 2.70 bits per heavy atom. The molecule has 0 N–H and O–H groups in total. The second kappa shape index (κ2) is 7.22. The van der Waals surface area contributed by atoms with Gasteiger partial charge in [-0.25, -0.2) is 4.39 Å². The molecule has 2 aromatic rings. The van der Waals surface area contributed by atoms with Crippen molar-refractivity contribution in [3.63, 3.8) is 0 Å². The zero-order chi connectivity index (χ0) is 14.2. The molecule has 0 spiro atoms. The summed E-state index contributed by atoms with van der Waals surface area (Å²) < 4.78 is 18.9. The third-order valence-corrected chi connectivity index (χ3v) is 2.76. The average Bonchev–Trinajstić information content (AvgIpc) is 2.50. The van der Waals surface area contributed by atoms with E-state index in [1.807, 2.05) is 48.6 Å². The molecule has 0 heterocycles. The largest absolute Gasteiger partial charge is 0.373 e. The number of rotatable bonds is 5. The zero-order valence-corrected chi connectivity index (χ0v) is 10.9. The molecule has 2 aromatic carbocycles. The van der Waals surface area contributed by atoms with Gasteiger partial charge in [0, 0.05) is 5.56 Å². The summed E-state index contributed by atoms with van der Waals surface area (Å²) in [5, 5.41) is 8.76. The Kier molecular flexibility index (Phi) is 5.05. The van der Waals surface area contributed by atoms with E-state index in [1.54, 1.807) is 0 Å². The van der Waals surface area contributed by atoms with Gasteiger partial charge in [0.25, 0.3) is 0 Å². The number of hydrogen-bond donors (Lipinski definition) is 0. The molecule has 0 atom stereocenters. The number of ether oxygens (including phenoxy) is 1. The number of benzene rings is 2. The van der Waals surface area contributed by atoms with Crippen molar-refractivity contribution >= 4 is 6.08 Å². The fourth-order valence-corrected chi connectivity index (χ4v) is 1.74. The van der Waals surface area contributed by atoms with Crippen LogP contribution in [0.3, 0.4) is 0 Å². The summed E-state index contributed by atoms with van der Waals surface area (Å²) in [4.78, 5) is 0. The minimum atomic E-state index is -0.351. The van der Waals surface area contributed by atoms with Crippen molar-refractivity contribution < 1.29 is 9.13 Å². The highest BCUT2D eigenvalue weighted by atomic mass is 19.1. The van der Waals surface area contributed by atoms with Crippen LogP contribution in [0, 0.1) is 17.1 Å². The van der Waals surface area contributed by atoms with Crippen LogP contribution in [0.5, 0.6) is 0 Å². The molecule has 3 heteroatoms. The van der Waals surface area contributed by atoms with Gasteiger partial charge in [0.05, 0.1) is 24.8 Å². The van der Waals surface area contributed by atoms with Crippen LogP contribution in [0.4, 0.5) is 4.39 Å². The van der Waals surface area contributed by atoms with Gasteiger partial charge in [-0.2, -0.15) is 5.26 Å². The van der Waals surface area contributed by atoms with Crippen LogP contribution in [0.25, 0.3) is 6.08 Å². The van der Waals surface area contributed by atoms with E-state index in [4.69, 9.17) is 10.00 Å². The summed E-state index contributed by atoms with van der Waals surface area (Å²) in [6.07, 6.45) is 3.82. The van der Waals surface area contributed by atoms with E-state index in [2.05, 4.69) is 0 Å². The van der Waals surface area contributed by atoms with Gasteiger partial charge in [-0.3, -0.25) is 0 Å². The summed E-state index contributed by atoms with van der Waals surface area (Å²) >= 11 is 0. The molecule has 2 nitrogen and oxygen atoms in total. The first-order valence-electron chi connectivity index (χ1n) is 6.27. The predicted molar refractivity (Wildman–Crippen MR) is 76.2 cm³/mol. The molecule has 100 valence electrons. The SMILES string of the molecule is N#Cc1ccc(F)c(COC/C=C/c2ccccc2)c1. The van der Waals surface area contributed by atoms with Crippen molar-refractivity contribution in [2.45, 2.75) is 6.61 Å². The highest BCUT2D eigenvalue weighted by molar-refractivity contribution is 5.48. The van der Waals surface area contributed by atoms with Gasteiger partial charge in [0.1, 0.15) is 5.82 Å². The lowest BCUT2D eigenvalue weighted by molar-refractivity contribution is 0.146. The Balaban J connectivity index is 1.85. The smallest absolute Gasteiger partial charge is 0.128 e. The number of nitriles is 1. The molecular formula is C17H14FNO. The van der Waals surface area contributed by atoms with Crippen LogP contribution >= 0.6 is 0 Å². The van der Waals surface area contributed by atoms with Crippen molar-refractivity contribution in [2.75, 3.05) is 6.61 Å². The Labute approximate surface area is 117 Å². The van der Waals surface area contributed by atoms with Crippen LogP contribution in [-0.4, -0.2) is 6.61 Å². The highest BCUT2D eigenvalue weighted by Gasteiger charge is 2.03. The van der Waals surface area contributed by atoms with E-state index in [1.165, 1.54) is 18.2 Å². The lowest BCUT2D eigenvalue weighted by Gasteiger charge is -2.03. The van der Waals surface area contributed by atoms with Crippen molar-refractivity contribution in [3.8, 4) is 6.07 Å². The molecule has 0 saturated heterocycles. The third kappa shape index (κ3) is 4.04. The number of hydrogen-bond acceptors (Lipinski definition) is 2. The fraction of sp³-hybridized carbons (Fsp3) is 0.118. The number of halogens is 1. The highest BCUT2D eigenvalue weighted by Crippen LogP contribution is 2.11. The molecule has 20 heavy (non-hydrogen) atoms. The molecule has 2 rings (SSSR count). The maximum Gasteiger partial charge on any atom is 0.128 e. The quantitative estimate of drug-likeness (QED) is 0.769. The molecule has 0 aromatic heterocycles. The van der Waals surface area contributed by atoms with E-state index in [0.717, 1.165) is 5.56 Å². The molecule has 0 unspecified atom stereocenters. The molecule has 0 saturated carbocycles. The minimum Gasteiger partial charge on any atom is -0.373 e. The Morgan fingerprint density at radius 1 is 1.15 bits per heavy atom. The molecule has 0 aliphatic heterocycles. The van der Waals surface area contributed by atoms with Crippen molar-refractivity contribution in [1.29, 1.82) is 5.26 Å². The summed E-state index contributed by atoms with van der Waals surface area (Å²) in [5.74, 6) is -0.351. The van der Waals surface area contributed by atoms with E-state index < -0.39 is 0 Å². The Bertz CT molecular complexity index is 629. The van der Waals surface area contributed by atoms with Crippen LogP contribution in [0.15, 0.2) is 54.6 Å². The van der Waals surface area contributed by atoms with Gasteiger partial charge in [-0.05, 0) is 23.8 Å². The van der Waals surface area contributed by atoms with E-state index in [-0.39, 0.29) is 12.4 Å². The third-order valence-electron chi connectivity index (χ3n) is 2.76. The first-order chi connectivity index (χ1) is 9.79. The first kappa shape index (κ1) is 14.0. The van der Waals surface area contributed by atoms with Crippen LogP contribution in [0.1, 0.15) is 16.7 Å². The number of nitrogens with zero attached hydrogens (tertiary/aromatic N) is 1. The topological polar surface area (TPSA) is 33.0 Å². The normalized spacial score (nSPS) is 10.6. The van der Waals surface area contributed by atoms with E-state index >= 15 is 0 Å². The monoisotopic (exact) mass is 267 g/mol. The molecular weight excluding hydrogens is 253 g/mol. The summed E-state index contributed by atoms with van der Waals surface area (Å²) in [6.45, 7) is 0.547. The van der Waals surface area contributed by atoms with Gasteiger partial charge in [-0.1, -0.05) is 42.5 Å². The van der Waals surface area contributed by atoms with Gasteiger partial charge in [0.15, 0.2) is 0 Å². The average molecular weight is 267 g/mol. The van der Waals surface area contributed by atoms with E-state index in [0.29, 0.717) is 17.7 Å². The van der Waals surface area contributed by atoms with Crippen molar-refractivity contribution in [2.24, 2.45) is 0 Å². The second-order valence-electron chi connectivity index (χ2n) is 4.25. The van der Waals surface area contributed by atoms with Gasteiger partial charge >= 0.3 is 0 Å². The van der Waals surface area contributed by atoms with Crippen LogP contribution < -0.4 is 0 Å². The minimum absolute atomic E-state index is 0.153. The fourth-order valence-electron chi connectivity index (χ4n) is 1.74. The van der Waals surface area contributed by atoms with Crippen LogP contribution in [-0.2, 0) is 11.3 Å². The maximum atomic E-state index is 13.5.